The second-order valence-electron chi connectivity index (χ2n) is 3.54. The molecule has 0 aliphatic carbocycles. The standard InChI is InChI=1S/C11H4BrClF3N3/c12-8-6(3-17)9(19-10(8)11(14,15)16)5-1-2-7(13)18-4-5/h1-2,4,19H. The summed E-state index contributed by atoms with van der Waals surface area (Å²) in [4.78, 5) is 5.97. The number of nitrogens with zero attached hydrogens (tertiary/aromatic N) is 2. The van der Waals surface area contributed by atoms with Crippen LogP contribution in [0.15, 0.2) is 22.8 Å². The van der Waals surface area contributed by atoms with E-state index in [0.717, 1.165) is 0 Å². The predicted octanol–water partition coefficient (Wildman–Crippen LogP) is 4.38. The summed E-state index contributed by atoms with van der Waals surface area (Å²) in [6, 6.07) is 4.64. The zero-order valence-electron chi connectivity index (χ0n) is 9.02. The lowest BCUT2D eigenvalue weighted by Crippen LogP contribution is -2.06. The lowest BCUT2D eigenvalue weighted by molar-refractivity contribution is -0.141. The Kier molecular flexibility index (Phi) is 3.56. The smallest absolute Gasteiger partial charge is 0.349 e. The highest BCUT2D eigenvalue weighted by Gasteiger charge is 2.37. The molecule has 0 spiro atoms. The number of rotatable bonds is 1. The Morgan fingerprint density at radius 2 is 2.05 bits per heavy atom. The number of nitrogens with one attached hydrogen (secondary N) is 1. The van der Waals surface area contributed by atoms with E-state index in [2.05, 4.69) is 25.9 Å². The number of hydrogen-bond acceptors (Lipinski definition) is 2. The SMILES string of the molecule is N#Cc1c(-c2ccc(Cl)nc2)[nH]c(C(F)(F)F)c1Br. The molecule has 0 radical (unpaired) electrons. The van der Waals surface area contributed by atoms with Crippen molar-refractivity contribution >= 4 is 27.5 Å². The normalized spacial score (nSPS) is 11.4. The summed E-state index contributed by atoms with van der Waals surface area (Å²) in [6.07, 6.45) is -3.29. The molecule has 0 fully saturated rings. The van der Waals surface area contributed by atoms with E-state index in [9.17, 15) is 13.2 Å². The fourth-order valence-corrected chi connectivity index (χ4v) is 2.24. The third-order valence-corrected chi connectivity index (χ3v) is 3.37. The maximum absolute atomic E-state index is 12.8. The number of H-pyrrole nitrogens is 1. The Hall–Kier alpha value is -1.52. The van der Waals surface area contributed by atoms with Gasteiger partial charge in [-0.1, -0.05) is 11.6 Å². The van der Waals surface area contributed by atoms with Crippen LogP contribution in [0.1, 0.15) is 11.3 Å². The minimum Gasteiger partial charge on any atom is -0.349 e. The van der Waals surface area contributed by atoms with Gasteiger partial charge in [-0.3, -0.25) is 0 Å². The maximum Gasteiger partial charge on any atom is 0.432 e. The summed E-state index contributed by atoms with van der Waals surface area (Å²) in [6.45, 7) is 0. The molecule has 2 aromatic rings. The zero-order valence-corrected chi connectivity index (χ0v) is 11.4. The van der Waals surface area contributed by atoms with E-state index >= 15 is 0 Å². The van der Waals surface area contributed by atoms with Crippen molar-refractivity contribution in [2.24, 2.45) is 0 Å². The van der Waals surface area contributed by atoms with E-state index in [0.29, 0.717) is 5.56 Å². The minimum absolute atomic E-state index is 0.0471. The fraction of sp³-hybridized carbons (Fsp3) is 0.0909. The van der Waals surface area contributed by atoms with Gasteiger partial charge in [0, 0.05) is 11.8 Å². The molecule has 0 saturated carbocycles. The molecule has 2 aromatic heterocycles. The molecular weight excluding hydrogens is 346 g/mol. The lowest BCUT2D eigenvalue weighted by Gasteiger charge is -2.03. The van der Waals surface area contributed by atoms with E-state index in [1.54, 1.807) is 6.07 Å². The van der Waals surface area contributed by atoms with Crippen LogP contribution in [0.2, 0.25) is 5.15 Å². The minimum atomic E-state index is -4.58. The number of pyridine rings is 1. The third kappa shape index (κ3) is 2.60. The molecule has 3 nitrogen and oxygen atoms in total. The first-order chi connectivity index (χ1) is 8.84. The van der Waals surface area contributed by atoms with Crippen molar-refractivity contribution in [3.63, 3.8) is 0 Å². The first-order valence-corrected chi connectivity index (χ1v) is 6.02. The molecule has 0 atom stereocenters. The van der Waals surface area contributed by atoms with Gasteiger partial charge in [0.05, 0.1) is 15.7 Å². The molecule has 8 heteroatoms. The molecule has 0 unspecified atom stereocenters. The van der Waals surface area contributed by atoms with Gasteiger partial charge in [0.2, 0.25) is 0 Å². The van der Waals surface area contributed by atoms with Gasteiger partial charge < -0.3 is 4.98 Å². The van der Waals surface area contributed by atoms with Gasteiger partial charge in [-0.2, -0.15) is 18.4 Å². The van der Waals surface area contributed by atoms with Crippen LogP contribution in [0.5, 0.6) is 0 Å². The quantitative estimate of drug-likeness (QED) is 0.776. The van der Waals surface area contributed by atoms with Crippen LogP contribution in [-0.2, 0) is 6.18 Å². The van der Waals surface area contributed by atoms with Crippen LogP contribution in [0, 0.1) is 11.3 Å². The van der Waals surface area contributed by atoms with E-state index in [1.807, 2.05) is 0 Å². The Morgan fingerprint density at radius 1 is 1.37 bits per heavy atom. The molecule has 0 aliphatic rings. The van der Waals surface area contributed by atoms with Gasteiger partial charge in [0.15, 0.2) is 0 Å². The summed E-state index contributed by atoms with van der Waals surface area (Å²) in [7, 11) is 0. The molecule has 1 N–H and O–H groups in total. The summed E-state index contributed by atoms with van der Waals surface area (Å²) in [5.74, 6) is 0. The van der Waals surface area contributed by atoms with Gasteiger partial charge in [0.25, 0.3) is 0 Å². The van der Waals surface area contributed by atoms with Gasteiger partial charge in [-0.15, -0.1) is 0 Å². The Labute approximate surface area is 119 Å². The second-order valence-corrected chi connectivity index (χ2v) is 4.72. The first kappa shape index (κ1) is 13.9. The Morgan fingerprint density at radius 3 is 2.53 bits per heavy atom. The van der Waals surface area contributed by atoms with Gasteiger partial charge in [-0.05, 0) is 28.1 Å². The molecule has 0 bridgehead atoms. The lowest BCUT2D eigenvalue weighted by atomic mass is 10.1. The van der Waals surface area contributed by atoms with E-state index in [1.165, 1.54) is 18.3 Å². The molecule has 2 heterocycles. The van der Waals surface area contributed by atoms with Gasteiger partial charge >= 0.3 is 6.18 Å². The van der Waals surface area contributed by atoms with Crippen LogP contribution < -0.4 is 0 Å². The highest BCUT2D eigenvalue weighted by atomic mass is 79.9. The van der Waals surface area contributed by atoms with Crippen molar-refractivity contribution in [1.29, 1.82) is 5.26 Å². The Balaban J connectivity index is 2.65. The summed E-state index contributed by atoms with van der Waals surface area (Å²) >= 11 is 8.40. The van der Waals surface area contributed by atoms with Gasteiger partial charge in [0.1, 0.15) is 16.9 Å². The highest BCUT2D eigenvalue weighted by Crippen LogP contribution is 2.40. The number of aromatic amines is 1. The topological polar surface area (TPSA) is 52.5 Å². The van der Waals surface area contributed by atoms with E-state index in [-0.39, 0.29) is 20.9 Å². The van der Waals surface area contributed by atoms with Crippen molar-refractivity contribution in [2.75, 3.05) is 0 Å². The van der Waals surface area contributed by atoms with Gasteiger partial charge in [-0.25, -0.2) is 4.98 Å². The number of hydrogen-bond donors (Lipinski definition) is 1. The predicted molar refractivity (Wildman–Crippen MR) is 66.5 cm³/mol. The molecule has 0 amide bonds. The van der Waals surface area contributed by atoms with Crippen molar-refractivity contribution in [3.05, 3.63) is 39.2 Å². The highest BCUT2D eigenvalue weighted by molar-refractivity contribution is 9.10. The zero-order chi connectivity index (χ0) is 14.2. The molecule has 0 aromatic carbocycles. The first-order valence-electron chi connectivity index (χ1n) is 4.85. The summed E-state index contributed by atoms with van der Waals surface area (Å²) < 4.78 is 37.9. The average Bonchev–Trinajstić information content (AvgIpc) is 2.67. The molecule has 98 valence electrons. The van der Waals surface area contributed by atoms with Crippen molar-refractivity contribution < 1.29 is 13.2 Å². The molecular formula is C11H4BrClF3N3. The second kappa shape index (κ2) is 4.87. The van der Waals surface area contributed by atoms with Crippen LogP contribution in [-0.4, -0.2) is 9.97 Å². The summed E-state index contributed by atoms with van der Waals surface area (Å²) in [5.41, 5.74) is -0.742. The van der Waals surface area contributed by atoms with Crippen molar-refractivity contribution in [3.8, 4) is 17.3 Å². The molecule has 19 heavy (non-hydrogen) atoms. The number of nitriles is 1. The number of alkyl halides is 3. The number of aromatic nitrogens is 2. The van der Waals surface area contributed by atoms with E-state index in [4.69, 9.17) is 16.9 Å². The van der Waals surface area contributed by atoms with Crippen molar-refractivity contribution in [1.82, 2.24) is 9.97 Å². The fourth-order valence-electron chi connectivity index (χ4n) is 1.52. The van der Waals surface area contributed by atoms with Crippen LogP contribution in [0.4, 0.5) is 13.2 Å². The summed E-state index contributed by atoms with van der Waals surface area (Å²) in [5, 5.41) is 9.19. The third-order valence-electron chi connectivity index (χ3n) is 2.35. The largest absolute Gasteiger partial charge is 0.432 e. The van der Waals surface area contributed by atoms with Crippen molar-refractivity contribution in [2.45, 2.75) is 6.18 Å². The van der Waals surface area contributed by atoms with Crippen LogP contribution in [0.25, 0.3) is 11.3 Å². The van der Waals surface area contributed by atoms with Crippen LogP contribution >= 0.6 is 27.5 Å². The number of halogens is 5. The molecule has 0 aliphatic heterocycles. The molecule has 0 saturated heterocycles. The Bertz CT molecular complexity index is 656. The van der Waals surface area contributed by atoms with E-state index < -0.39 is 11.9 Å². The monoisotopic (exact) mass is 349 g/mol. The average molecular weight is 351 g/mol. The van der Waals surface area contributed by atoms with Crippen LogP contribution in [0.3, 0.4) is 0 Å². The molecule has 2 rings (SSSR count). The maximum atomic E-state index is 12.8.